The first-order valence-corrected chi connectivity index (χ1v) is 5.09. The fraction of sp³-hybridized carbons (Fsp3) is 0.625. The third kappa shape index (κ3) is 1.21. The van der Waals surface area contributed by atoms with Crippen LogP contribution in [0.4, 0.5) is 5.13 Å². The van der Waals surface area contributed by atoms with Crippen LogP contribution in [0.2, 0.25) is 0 Å². The van der Waals surface area contributed by atoms with Gasteiger partial charge in [0.05, 0.1) is 5.69 Å². The number of aryl methyl sites for hydroxylation is 1. The molecule has 0 fully saturated rings. The molecule has 4 heteroatoms. The van der Waals surface area contributed by atoms with Gasteiger partial charge in [0.15, 0.2) is 5.13 Å². The summed E-state index contributed by atoms with van der Waals surface area (Å²) in [5, 5.41) is 0.855. The fourth-order valence-electron chi connectivity index (χ4n) is 1.69. The fourth-order valence-corrected chi connectivity index (χ4v) is 2.73. The Kier molecular flexibility index (Phi) is 2.02. The molecule has 3 N–H and O–H groups in total. The van der Waals surface area contributed by atoms with Crippen LogP contribution in [0.25, 0.3) is 0 Å². The van der Waals surface area contributed by atoms with Gasteiger partial charge < -0.3 is 0 Å². The number of rotatable bonds is 1. The van der Waals surface area contributed by atoms with Crippen molar-refractivity contribution >= 4 is 16.5 Å². The summed E-state index contributed by atoms with van der Waals surface area (Å²) in [6.07, 6.45) is 3.74. The maximum absolute atomic E-state index is 5.31. The van der Waals surface area contributed by atoms with Gasteiger partial charge in [-0.3, -0.25) is 5.43 Å². The summed E-state index contributed by atoms with van der Waals surface area (Å²) < 4.78 is 0. The van der Waals surface area contributed by atoms with E-state index in [2.05, 4.69) is 17.3 Å². The zero-order chi connectivity index (χ0) is 8.55. The monoisotopic (exact) mass is 183 g/mol. The maximum Gasteiger partial charge on any atom is 0.197 e. The molecule has 0 saturated heterocycles. The quantitative estimate of drug-likeness (QED) is 0.516. The van der Waals surface area contributed by atoms with Gasteiger partial charge in [0.25, 0.3) is 0 Å². The Morgan fingerprint density at radius 1 is 1.67 bits per heavy atom. The van der Waals surface area contributed by atoms with Crippen molar-refractivity contribution < 1.29 is 0 Å². The van der Waals surface area contributed by atoms with Crippen molar-refractivity contribution in [2.45, 2.75) is 32.1 Å². The maximum atomic E-state index is 5.31. The molecule has 1 aromatic heterocycles. The summed E-state index contributed by atoms with van der Waals surface area (Å²) >= 11 is 1.69. The van der Waals surface area contributed by atoms with Gasteiger partial charge in [0.2, 0.25) is 0 Å². The lowest BCUT2D eigenvalue weighted by Crippen LogP contribution is -2.07. The molecule has 0 aromatic carbocycles. The SMILES string of the molecule is CC1CCCc2sc(NN)nc21. The Labute approximate surface area is 76.0 Å². The zero-order valence-corrected chi connectivity index (χ0v) is 7.95. The van der Waals surface area contributed by atoms with Crippen LogP contribution in [0.5, 0.6) is 0 Å². The zero-order valence-electron chi connectivity index (χ0n) is 7.13. The number of aromatic nitrogens is 1. The lowest BCUT2D eigenvalue weighted by Gasteiger charge is -2.15. The van der Waals surface area contributed by atoms with Crippen LogP contribution in [-0.4, -0.2) is 4.98 Å². The molecule has 1 heterocycles. The average molecular weight is 183 g/mol. The highest BCUT2D eigenvalue weighted by Crippen LogP contribution is 2.35. The molecule has 0 bridgehead atoms. The first-order chi connectivity index (χ1) is 5.81. The molecule has 66 valence electrons. The lowest BCUT2D eigenvalue weighted by atomic mass is 9.93. The number of anilines is 1. The number of nitrogens with zero attached hydrogens (tertiary/aromatic N) is 1. The number of hydrazine groups is 1. The normalized spacial score (nSPS) is 22.0. The topological polar surface area (TPSA) is 50.9 Å². The van der Waals surface area contributed by atoms with E-state index in [4.69, 9.17) is 5.84 Å². The van der Waals surface area contributed by atoms with Gasteiger partial charge in [0.1, 0.15) is 0 Å². The third-order valence-corrected chi connectivity index (χ3v) is 3.42. The van der Waals surface area contributed by atoms with Gasteiger partial charge >= 0.3 is 0 Å². The first kappa shape index (κ1) is 8.01. The van der Waals surface area contributed by atoms with E-state index in [1.807, 2.05) is 0 Å². The molecule has 1 atom stereocenters. The number of hydrogen-bond donors (Lipinski definition) is 2. The highest BCUT2D eigenvalue weighted by atomic mass is 32.1. The van der Waals surface area contributed by atoms with E-state index in [1.54, 1.807) is 11.3 Å². The molecule has 0 amide bonds. The second-order valence-corrected chi connectivity index (χ2v) is 4.35. The summed E-state index contributed by atoms with van der Waals surface area (Å²) in [4.78, 5) is 5.85. The van der Waals surface area contributed by atoms with Crippen molar-refractivity contribution in [2.75, 3.05) is 5.43 Å². The van der Waals surface area contributed by atoms with E-state index in [1.165, 1.54) is 29.8 Å². The van der Waals surface area contributed by atoms with Crippen molar-refractivity contribution in [3.05, 3.63) is 10.6 Å². The molecule has 1 unspecified atom stereocenters. The molecule has 0 radical (unpaired) electrons. The standard InChI is InChI=1S/C8H13N3S/c1-5-3-2-4-6-7(5)10-8(11-9)12-6/h5H,2-4,9H2,1H3,(H,10,11). The molecule has 1 aliphatic rings. The molecule has 0 saturated carbocycles. The van der Waals surface area contributed by atoms with Crippen LogP contribution in [-0.2, 0) is 6.42 Å². The molecule has 1 aromatic rings. The number of nitrogens with one attached hydrogen (secondary N) is 1. The minimum atomic E-state index is 0.618. The number of nitrogens with two attached hydrogens (primary N) is 1. The summed E-state index contributed by atoms with van der Waals surface area (Å²) in [5.74, 6) is 5.92. The van der Waals surface area contributed by atoms with Crippen LogP contribution in [0.3, 0.4) is 0 Å². The minimum Gasteiger partial charge on any atom is -0.300 e. The Hall–Kier alpha value is -0.610. The second-order valence-electron chi connectivity index (χ2n) is 3.27. The smallest absolute Gasteiger partial charge is 0.197 e. The first-order valence-electron chi connectivity index (χ1n) is 4.27. The number of fused-ring (bicyclic) bond motifs is 1. The Bertz CT molecular complexity index is 282. The molecular weight excluding hydrogens is 170 g/mol. The highest BCUT2D eigenvalue weighted by molar-refractivity contribution is 7.15. The molecule has 2 rings (SSSR count). The van der Waals surface area contributed by atoms with Crippen LogP contribution < -0.4 is 11.3 Å². The largest absolute Gasteiger partial charge is 0.300 e. The van der Waals surface area contributed by atoms with E-state index < -0.39 is 0 Å². The van der Waals surface area contributed by atoms with E-state index in [-0.39, 0.29) is 0 Å². The van der Waals surface area contributed by atoms with Crippen LogP contribution in [0.15, 0.2) is 0 Å². The predicted molar refractivity (Wildman–Crippen MR) is 51.3 cm³/mol. The minimum absolute atomic E-state index is 0.618. The van der Waals surface area contributed by atoms with Crippen LogP contribution >= 0.6 is 11.3 Å². The van der Waals surface area contributed by atoms with Crippen molar-refractivity contribution in [3.8, 4) is 0 Å². The summed E-state index contributed by atoms with van der Waals surface area (Å²) in [5.41, 5.74) is 3.88. The lowest BCUT2D eigenvalue weighted by molar-refractivity contribution is 0.584. The Morgan fingerprint density at radius 2 is 2.50 bits per heavy atom. The van der Waals surface area contributed by atoms with Crippen molar-refractivity contribution in [1.82, 2.24) is 4.98 Å². The van der Waals surface area contributed by atoms with E-state index in [0.29, 0.717) is 5.92 Å². The number of hydrogen-bond acceptors (Lipinski definition) is 4. The summed E-state index contributed by atoms with van der Waals surface area (Å²) in [7, 11) is 0. The van der Waals surface area contributed by atoms with Gasteiger partial charge in [-0.1, -0.05) is 6.92 Å². The van der Waals surface area contributed by atoms with Crippen molar-refractivity contribution in [1.29, 1.82) is 0 Å². The van der Waals surface area contributed by atoms with E-state index >= 15 is 0 Å². The van der Waals surface area contributed by atoms with Gasteiger partial charge in [-0.15, -0.1) is 11.3 Å². The molecule has 0 spiro atoms. The van der Waals surface area contributed by atoms with Crippen LogP contribution in [0.1, 0.15) is 36.3 Å². The van der Waals surface area contributed by atoms with Gasteiger partial charge in [-0.25, -0.2) is 10.8 Å². The Morgan fingerprint density at radius 3 is 3.17 bits per heavy atom. The summed E-state index contributed by atoms with van der Waals surface area (Å²) in [6, 6.07) is 0. The predicted octanol–water partition coefficient (Wildman–Crippen LogP) is 1.87. The molecule has 3 nitrogen and oxygen atoms in total. The van der Waals surface area contributed by atoms with E-state index in [9.17, 15) is 0 Å². The highest BCUT2D eigenvalue weighted by Gasteiger charge is 2.20. The van der Waals surface area contributed by atoms with Crippen molar-refractivity contribution in [3.63, 3.8) is 0 Å². The van der Waals surface area contributed by atoms with E-state index in [0.717, 1.165) is 5.13 Å². The Balaban J connectivity index is 2.37. The average Bonchev–Trinajstić information content (AvgIpc) is 2.49. The van der Waals surface area contributed by atoms with Crippen molar-refractivity contribution in [2.24, 2.45) is 5.84 Å². The third-order valence-electron chi connectivity index (χ3n) is 2.36. The molecule has 12 heavy (non-hydrogen) atoms. The van der Waals surface area contributed by atoms with Gasteiger partial charge in [-0.2, -0.15) is 0 Å². The molecular formula is C8H13N3S. The molecule has 1 aliphatic carbocycles. The number of nitrogen functional groups attached to an aromatic ring is 1. The molecule has 0 aliphatic heterocycles. The van der Waals surface area contributed by atoms with Gasteiger partial charge in [0, 0.05) is 4.88 Å². The second kappa shape index (κ2) is 3.03. The van der Waals surface area contributed by atoms with Crippen LogP contribution in [0, 0.1) is 0 Å². The number of thiazole rings is 1. The summed E-state index contributed by atoms with van der Waals surface area (Å²) in [6.45, 7) is 2.23. The van der Waals surface area contributed by atoms with Gasteiger partial charge in [-0.05, 0) is 25.2 Å².